The van der Waals surface area contributed by atoms with E-state index in [9.17, 15) is 5.11 Å². The number of aromatic hydroxyl groups is 1. The van der Waals surface area contributed by atoms with Crippen molar-refractivity contribution >= 4 is 11.3 Å². The summed E-state index contributed by atoms with van der Waals surface area (Å²) < 4.78 is 0. The van der Waals surface area contributed by atoms with Crippen molar-refractivity contribution in [2.24, 2.45) is 5.73 Å². The molecule has 1 atom stereocenters. The summed E-state index contributed by atoms with van der Waals surface area (Å²) in [4.78, 5) is 0.963. The summed E-state index contributed by atoms with van der Waals surface area (Å²) in [5.41, 5.74) is 6.87. The first-order valence-corrected chi connectivity index (χ1v) is 5.63. The number of nitrogens with two attached hydrogens (primary N) is 1. The highest BCUT2D eigenvalue weighted by Crippen LogP contribution is 2.31. The van der Waals surface area contributed by atoms with Gasteiger partial charge >= 0.3 is 0 Å². The first-order chi connectivity index (χ1) is 7.74. The van der Waals surface area contributed by atoms with Crippen molar-refractivity contribution in [3.63, 3.8) is 0 Å². The number of hydrogen-bond donors (Lipinski definition) is 2. The van der Waals surface area contributed by atoms with Gasteiger partial charge in [0.25, 0.3) is 0 Å². The van der Waals surface area contributed by atoms with Gasteiger partial charge in [0.15, 0.2) is 0 Å². The molecule has 0 saturated heterocycles. The van der Waals surface area contributed by atoms with Gasteiger partial charge in [-0.3, -0.25) is 0 Å². The summed E-state index contributed by atoms with van der Waals surface area (Å²) in [6, 6.07) is 10.4. The zero-order valence-electron chi connectivity index (χ0n) is 8.42. The molecular formula is C12H10N2OS. The largest absolute Gasteiger partial charge is 0.506 e. The monoisotopic (exact) mass is 230 g/mol. The number of rotatable bonds is 2. The molecule has 0 aliphatic rings. The van der Waals surface area contributed by atoms with E-state index in [2.05, 4.69) is 0 Å². The molecule has 2 rings (SSSR count). The summed E-state index contributed by atoms with van der Waals surface area (Å²) in [5.74, 6) is -0.0223. The lowest BCUT2D eigenvalue weighted by atomic mass is 10.0. The number of nitrogens with zero attached hydrogens (tertiary/aromatic N) is 1. The molecule has 0 saturated carbocycles. The average molecular weight is 230 g/mol. The molecule has 0 aliphatic carbocycles. The molecule has 0 amide bonds. The van der Waals surface area contributed by atoms with Crippen LogP contribution in [0.3, 0.4) is 0 Å². The van der Waals surface area contributed by atoms with Crippen LogP contribution in [0.25, 0.3) is 0 Å². The molecule has 80 valence electrons. The van der Waals surface area contributed by atoms with Crippen molar-refractivity contribution < 1.29 is 5.11 Å². The minimum Gasteiger partial charge on any atom is -0.506 e. The SMILES string of the molecule is N#Cc1cccc([C@H](N)c2cccs2)c1O. The van der Waals surface area contributed by atoms with Crippen LogP contribution in [0.5, 0.6) is 5.75 Å². The van der Waals surface area contributed by atoms with Crippen LogP contribution in [0.1, 0.15) is 22.0 Å². The molecule has 3 nitrogen and oxygen atoms in total. The lowest BCUT2D eigenvalue weighted by Crippen LogP contribution is -2.10. The second-order valence-electron chi connectivity index (χ2n) is 3.35. The van der Waals surface area contributed by atoms with Gasteiger partial charge in [0.2, 0.25) is 0 Å². The number of para-hydroxylation sites is 1. The van der Waals surface area contributed by atoms with Crippen molar-refractivity contribution in [1.82, 2.24) is 0 Å². The average Bonchev–Trinajstić information content (AvgIpc) is 2.82. The normalized spacial score (nSPS) is 12.0. The van der Waals surface area contributed by atoms with Crippen molar-refractivity contribution in [3.05, 3.63) is 51.7 Å². The minimum absolute atomic E-state index is 0.0223. The fraction of sp³-hybridized carbons (Fsp3) is 0.0833. The Balaban J connectivity index is 2.46. The molecule has 2 aromatic rings. The summed E-state index contributed by atoms with van der Waals surface area (Å²) >= 11 is 1.53. The van der Waals surface area contributed by atoms with Crippen LogP contribution in [0, 0.1) is 11.3 Å². The van der Waals surface area contributed by atoms with Crippen LogP contribution in [-0.4, -0.2) is 5.11 Å². The van der Waals surface area contributed by atoms with Crippen molar-refractivity contribution in [2.75, 3.05) is 0 Å². The Morgan fingerprint density at radius 1 is 1.31 bits per heavy atom. The summed E-state index contributed by atoms with van der Waals surface area (Å²) in [6.07, 6.45) is 0. The molecule has 0 aliphatic heterocycles. The maximum absolute atomic E-state index is 9.86. The summed E-state index contributed by atoms with van der Waals surface area (Å²) in [6.45, 7) is 0. The maximum Gasteiger partial charge on any atom is 0.138 e. The number of hydrogen-bond acceptors (Lipinski definition) is 4. The smallest absolute Gasteiger partial charge is 0.138 e. The van der Waals surface area contributed by atoms with Gasteiger partial charge in [-0.15, -0.1) is 11.3 Å². The van der Waals surface area contributed by atoms with E-state index in [1.165, 1.54) is 11.3 Å². The van der Waals surface area contributed by atoms with Crippen LogP contribution in [0.4, 0.5) is 0 Å². The van der Waals surface area contributed by atoms with Crippen molar-refractivity contribution in [3.8, 4) is 11.8 Å². The fourth-order valence-corrected chi connectivity index (χ4v) is 2.27. The molecule has 16 heavy (non-hydrogen) atoms. The first-order valence-electron chi connectivity index (χ1n) is 4.75. The first kappa shape index (κ1) is 10.7. The van der Waals surface area contributed by atoms with Gasteiger partial charge in [-0.1, -0.05) is 18.2 Å². The second-order valence-corrected chi connectivity index (χ2v) is 4.33. The van der Waals surface area contributed by atoms with Crippen molar-refractivity contribution in [1.29, 1.82) is 5.26 Å². The lowest BCUT2D eigenvalue weighted by Gasteiger charge is -2.12. The quantitative estimate of drug-likeness (QED) is 0.832. The van der Waals surface area contributed by atoms with Crippen LogP contribution in [-0.2, 0) is 0 Å². The highest BCUT2D eigenvalue weighted by Gasteiger charge is 2.15. The van der Waals surface area contributed by atoms with Gasteiger partial charge in [-0.2, -0.15) is 5.26 Å². The van der Waals surface area contributed by atoms with E-state index in [0.717, 1.165) is 4.88 Å². The summed E-state index contributed by atoms with van der Waals surface area (Å²) in [5, 5.41) is 20.6. The van der Waals surface area contributed by atoms with E-state index in [-0.39, 0.29) is 17.4 Å². The standard InChI is InChI=1S/C12H10N2OS/c13-7-8-3-1-4-9(12(8)15)11(14)10-5-2-6-16-10/h1-6,11,15H,14H2/t11-/m0/s1. The van der Waals surface area contributed by atoms with E-state index in [1.807, 2.05) is 23.6 Å². The highest BCUT2D eigenvalue weighted by atomic mass is 32.1. The number of thiophene rings is 1. The van der Waals surface area contributed by atoms with Gasteiger partial charge in [0, 0.05) is 10.4 Å². The molecule has 0 bridgehead atoms. The van der Waals surface area contributed by atoms with Crippen LogP contribution < -0.4 is 5.73 Å². The second kappa shape index (κ2) is 4.35. The number of phenols is 1. The zero-order chi connectivity index (χ0) is 11.5. The van der Waals surface area contributed by atoms with Gasteiger partial charge in [0.05, 0.1) is 11.6 Å². The minimum atomic E-state index is -0.381. The Labute approximate surface area is 97.4 Å². The Hall–Kier alpha value is -1.83. The molecule has 0 unspecified atom stereocenters. The lowest BCUT2D eigenvalue weighted by molar-refractivity contribution is 0.464. The molecule has 1 aromatic carbocycles. The molecule has 1 aromatic heterocycles. The maximum atomic E-state index is 9.86. The predicted octanol–water partition coefficient (Wildman–Crippen LogP) is 2.37. The Morgan fingerprint density at radius 2 is 2.12 bits per heavy atom. The van der Waals surface area contributed by atoms with E-state index in [1.54, 1.807) is 18.2 Å². The molecule has 1 heterocycles. The van der Waals surface area contributed by atoms with E-state index in [4.69, 9.17) is 11.0 Å². The third-order valence-corrected chi connectivity index (χ3v) is 3.33. The zero-order valence-corrected chi connectivity index (χ0v) is 9.24. The molecule has 0 radical (unpaired) electrons. The van der Waals surface area contributed by atoms with Gasteiger partial charge in [-0.25, -0.2) is 0 Å². The number of phenolic OH excluding ortho intramolecular Hbond substituents is 1. The molecule has 3 N–H and O–H groups in total. The molecular weight excluding hydrogens is 220 g/mol. The molecule has 4 heteroatoms. The third kappa shape index (κ3) is 1.78. The van der Waals surface area contributed by atoms with Crippen LogP contribution >= 0.6 is 11.3 Å². The van der Waals surface area contributed by atoms with Crippen LogP contribution in [0.15, 0.2) is 35.7 Å². The highest BCUT2D eigenvalue weighted by molar-refractivity contribution is 7.10. The van der Waals surface area contributed by atoms with Gasteiger partial charge in [0.1, 0.15) is 11.8 Å². The van der Waals surface area contributed by atoms with Crippen molar-refractivity contribution in [2.45, 2.75) is 6.04 Å². The third-order valence-electron chi connectivity index (χ3n) is 2.37. The van der Waals surface area contributed by atoms with Crippen LogP contribution in [0.2, 0.25) is 0 Å². The van der Waals surface area contributed by atoms with E-state index in [0.29, 0.717) is 5.56 Å². The Morgan fingerprint density at radius 3 is 2.75 bits per heavy atom. The number of benzene rings is 1. The van der Waals surface area contributed by atoms with Gasteiger partial charge in [-0.05, 0) is 17.5 Å². The topological polar surface area (TPSA) is 70.0 Å². The predicted molar refractivity (Wildman–Crippen MR) is 63.2 cm³/mol. The molecule has 0 fully saturated rings. The molecule has 0 spiro atoms. The van der Waals surface area contributed by atoms with Gasteiger partial charge < -0.3 is 10.8 Å². The Bertz CT molecular complexity index is 528. The Kier molecular flexibility index (Phi) is 2.91. The van der Waals surface area contributed by atoms with E-state index >= 15 is 0 Å². The summed E-state index contributed by atoms with van der Waals surface area (Å²) in [7, 11) is 0. The number of nitriles is 1. The van der Waals surface area contributed by atoms with E-state index < -0.39 is 0 Å². The fourth-order valence-electron chi connectivity index (χ4n) is 1.52.